The van der Waals surface area contributed by atoms with E-state index in [2.05, 4.69) is 4.99 Å². The molecule has 0 saturated heterocycles. The predicted molar refractivity (Wildman–Crippen MR) is 156 cm³/mol. The second-order valence-corrected chi connectivity index (χ2v) is 10.6. The van der Waals surface area contributed by atoms with Crippen LogP contribution in [0.5, 0.6) is 17.2 Å². The van der Waals surface area contributed by atoms with Crippen LogP contribution in [0.1, 0.15) is 58.7 Å². The van der Waals surface area contributed by atoms with Gasteiger partial charge in [0, 0.05) is 5.56 Å². The lowest BCUT2D eigenvalue weighted by molar-refractivity contribution is -0.139. The number of ether oxygens (including phenoxy) is 4. The van der Waals surface area contributed by atoms with Crippen LogP contribution in [0, 0.1) is 0 Å². The Labute approximate surface area is 242 Å². The van der Waals surface area contributed by atoms with Crippen molar-refractivity contribution >= 4 is 35.0 Å². The summed E-state index contributed by atoms with van der Waals surface area (Å²) < 4.78 is 24.9. The number of allylic oxidation sites excluding steroid dienone is 1. The number of esters is 1. The zero-order chi connectivity index (χ0) is 29.0. The van der Waals surface area contributed by atoms with Crippen LogP contribution in [0.4, 0.5) is 0 Å². The molecule has 0 N–H and O–H groups in total. The molecule has 1 atom stereocenters. The SMILES string of the molecule is CCOC(=O)C1=C(C)N=c2s/c(=C/c3cc(Cl)c(OCC)c(OCC)c3)c(=O)n2[C@H]1c1ccccc1OC(C)C. The monoisotopic (exact) mass is 584 g/mol. The van der Waals surface area contributed by atoms with E-state index >= 15 is 0 Å². The Morgan fingerprint density at radius 2 is 1.82 bits per heavy atom. The van der Waals surface area contributed by atoms with Crippen LogP contribution in [0.3, 0.4) is 0 Å². The number of nitrogens with zero attached hydrogens (tertiary/aromatic N) is 2. The lowest BCUT2D eigenvalue weighted by Crippen LogP contribution is -2.40. The van der Waals surface area contributed by atoms with E-state index in [-0.39, 0.29) is 18.3 Å². The fourth-order valence-electron chi connectivity index (χ4n) is 4.52. The molecule has 1 aliphatic rings. The molecule has 0 aliphatic carbocycles. The highest BCUT2D eigenvalue weighted by atomic mass is 35.5. The number of hydrogen-bond donors (Lipinski definition) is 0. The molecule has 212 valence electrons. The average molecular weight is 585 g/mol. The van der Waals surface area contributed by atoms with Gasteiger partial charge >= 0.3 is 5.97 Å². The van der Waals surface area contributed by atoms with Crippen LogP contribution in [-0.4, -0.2) is 36.5 Å². The maximum Gasteiger partial charge on any atom is 0.338 e. The van der Waals surface area contributed by atoms with Crippen molar-refractivity contribution in [2.45, 2.75) is 53.7 Å². The van der Waals surface area contributed by atoms with Gasteiger partial charge in [-0.1, -0.05) is 41.1 Å². The number of rotatable bonds is 10. The zero-order valence-electron chi connectivity index (χ0n) is 23.4. The first-order valence-electron chi connectivity index (χ1n) is 13.2. The average Bonchev–Trinajstić information content (AvgIpc) is 3.19. The molecule has 40 heavy (non-hydrogen) atoms. The molecule has 1 aromatic heterocycles. The minimum atomic E-state index is -0.782. The summed E-state index contributed by atoms with van der Waals surface area (Å²) in [5.74, 6) is 1.00. The lowest BCUT2D eigenvalue weighted by atomic mass is 9.95. The zero-order valence-corrected chi connectivity index (χ0v) is 25.0. The molecule has 4 rings (SSSR count). The molecule has 0 bridgehead atoms. The van der Waals surface area contributed by atoms with Crippen molar-refractivity contribution in [2.75, 3.05) is 19.8 Å². The number of benzene rings is 2. The second-order valence-electron chi connectivity index (χ2n) is 9.20. The Hall–Kier alpha value is -3.56. The predicted octanol–water partition coefficient (Wildman–Crippen LogP) is 5.04. The van der Waals surface area contributed by atoms with E-state index in [0.717, 1.165) is 0 Å². The van der Waals surface area contributed by atoms with Gasteiger partial charge in [-0.25, -0.2) is 9.79 Å². The van der Waals surface area contributed by atoms with Gasteiger partial charge in [0.15, 0.2) is 16.3 Å². The van der Waals surface area contributed by atoms with Gasteiger partial charge in [0.2, 0.25) is 0 Å². The summed E-state index contributed by atoms with van der Waals surface area (Å²) in [5.41, 5.74) is 1.82. The molecule has 0 saturated carbocycles. The molecule has 0 fully saturated rings. The fraction of sp³-hybridized carbons (Fsp3) is 0.367. The van der Waals surface area contributed by atoms with Gasteiger partial charge in [0.1, 0.15) is 11.8 Å². The smallest absolute Gasteiger partial charge is 0.338 e. The molecule has 10 heteroatoms. The highest BCUT2D eigenvalue weighted by Crippen LogP contribution is 2.38. The molecule has 0 unspecified atom stereocenters. The first-order valence-corrected chi connectivity index (χ1v) is 14.4. The van der Waals surface area contributed by atoms with Gasteiger partial charge in [0.25, 0.3) is 5.56 Å². The van der Waals surface area contributed by atoms with E-state index < -0.39 is 12.0 Å². The summed E-state index contributed by atoms with van der Waals surface area (Å²) in [7, 11) is 0. The normalized spacial score (nSPS) is 15.1. The summed E-state index contributed by atoms with van der Waals surface area (Å²) in [6.45, 7) is 12.1. The topological polar surface area (TPSA) is 88.4 Å². The van der Waals surface area contributed by atoms with E-state index in [1.165, 1.54) is 15.9 Å². The molecule has 0 amide bonds. The van der Waals surface area contributed by atoms with E-state index in [1.807, 2.05) is 52.0 Å². The number of carbonyl (C=O) groups excluding carboxylic acids is 1. The summed E-state index contributed by atoms with van der Waals surface area (Å²) >= 11 is 7.76. The van der Waals surface area contributed by atoms with Gasteiger partial charge in [-0.3, -0.25) is 9.36 Å². The van der Waals surface area contributed by atoms with Crippen LogP contribution >= 0.6 is 22.9 Å². The molecule has 0 spiro atoms. The van der Waals surface area contributed by atoms with Gasteiger partial charge in [-0.15, -0.1) is 0 Å². The summed E-state index contributed by atoms with van der Waals surface area (Å²) in [6, 6.07) is 10.1. The van der Waals surface area contributed by atoms with Crippen molar-refractivity contribution in [2.24, 2.45) is 4.99 Å². The molecule has 2 aromatic carbocycles. The molecule has 3 aromatic rings. The van der Waals surface area contributed by atoms with Crippen LogP contribution in [-0.2, 0) is 9.53 Å². The number of fused-ring (bicyclic) bond motifs is 1. The number of carbonyl (C=O) groups is 1. The van der Waals surface area contributed by atoms with Crippen molar-refractivity contribution in [3.63, 3.8) is 0 Å². The molecule has 2 heterocycles. The Bertz CT molecular complexity index is 1620. The first kappa shape index (κ1) is 29.4. The molecular formula is C30H33ClN2O6S. The Balaban J connectivity index is 1.95. The minimum Gasteiger partial charge on any atom is -0.491 e. The standard InChI is InChI=1S/C30H33ClN2O6S/c1-7-36-23-15-19(14-21(31)27(23)37-8-2)16-24-28(34)33-26(20-12-10-11-13-22(20)39-17(4)5)25(29(35)38-9-3)18(6)32-30(33)40-24/h10-17,26H,7-9H2,1-6H3/b24-16+/t26-/m0/s1. The first-order chi connectivity index (χ1) is 19.2. The van der Waals surface area contributed by atoms with Crippen LogP contribution in [0.2, 0.25) is 5.02 Å². The van der Waals surface area contributed by atoms with Gasteiger partial charge < -0.3 is 18.9 Å². The Kier molecular flexibility index (Phi) is 9.37. The maximum absolute atomic E-state index is 14.0. The van der Waals surface area contributed by atoms with Crippen molar-refractivity contribution < 1.29 is 23.7 Å². The molecule has 0 radical (unpaired) electrons. The lowest BCUT2D eigenvalue weighted by Gasteiger charge is -2.26. The summed E-state index contributed by atoms with van der Waals surface area (Å²) in [5, 5.41) is 0.380. The number of hydrogen-bond acceptors (Lipinski definition) is 8. The third-order valence-electron chi connectivity index (χ3n) is 6.01. The van der Waals surface area contributed by atoms with E-state index in [4.69, 9.17) is 30.5 Å². The number of para-hydroxylation sites is 1. The Morgan fingerprint density at radius 1 is 1.10 bits per heavy atom. The third kappa shape index (κ3) is 5.95. The van der Waals surface area contributed by atoms with Gasteiger partial charge in [0.05, 0.1) is 46.7 Å². The van der Waals surface area contributed by atoms with Crippen LogP contribution in [0.25, 0.3) is 6.08 Å². The summed E-state index contributed by atoms with van der Waals surface area (Å²) in [6.07, 6.45) is 1.63. The molecule has 8 nitrogen and oxygen atoms in total. The Morgan fingerprint density at radius 3 is 2.50 bits per heavy atom. The second kappa shape index (κ2) is 12.7. The minimum absolute atomic E-state index is 0.114. The summed E-state index contributed by atoms with van der Waals surface area (Å²) in [4.78, 5) is 32.4. The number of halogens is 1. The molecule has 1 aliphatic heterocycles. The van der Waals surface area contributed by atoms with Crippen LogP contribution < -0.4 is 29.1 Å². The maximum atomic E-state index is 14.0. The molecular weight excluding hydrogens is 552 g/mol. The van der Waals surface area contributed by atoms with Crippen molar-refractivity contribution in [3.05, 3.63) is 83.5 Å². The van der Waals surface area contributed by atoms with Crippen molar-refractivity contribution in [3.8, 4) is 17.2 Å². The van der Waals surface area contributed by atoms with E-state index in [1.54, 1.807) is 32.1 Å². The van der Waals surface area contributed by atoms with E-state index in [9.17, 15) is 9.59 Å². The highest BCUT2D eigenvalue weighted by molar-refractivity contribution is 7.07. The van der Waals surface area contributed by atoms with Gasteiger partial charge in [-0.2, -0.15) is 0 Å². The van der Waals surface area contributed by atoms with Crippen molar-refractivity contribution in [1.29, 1.82) is 0 Å². The van der Waals surface area contributed by atoms with Crippen LogP contribution in [0.15, 0.2) is 57.5 Å². The van der Waals surface area contributed by atoms with E-state index in [0.29, 0.717) is 67.2 Å². The van der Waals surface area contributed by atoms with Crippen molar-refractivity contribution in [1.82, 2.24) is 4.57 Å². The highest BCUT2D eigenvalue weighted by Gasteiger charge is 2.35. The third-order valence-corrected chi connectivity index (χ3v) is 7.28. The quantitative estimate of drug-likeness (QED) is 0.310. The fourth-order valence-corrected chi connectivity index (χ4v) is 5.84. The number of thiazole rings is 1. The number of aromatic nitrogens is 1. The van der Waals surface area contributed by atoms with Gasteiger partial charge in [-0.05, 0) is 71.4 Å². The largest absolute Gasteiger partial charge is 0.491 e.